The van der Waals surface area contributed by atoms with Gasteiger partial charge in [-0.1, -0.05) is 6.07 Å². The lowest BCUT2D eigenvalue weighted by Gasteiger charge is -2.25. The Hall–Kier alpha value is -2.70. The predicted molar refractivity (Wildman–Crippen MR) is 82.4 cm³/mol. The molecule has 1 saturated carbocycles. The van der Waals surface area contributed by atoms with Crippen molar-refractivity contribution in [1.29, 1.82) is 0 Å². The molecule has 112 valence electrons. The number of hydrogen-bond acceptors (Lipinski definition) is 5. The summed E-state index contributed by atoms with van der Waals surface area (Å²) in [4.78, 5) is 8.37. The van der Waals surface area contributed by atoms with Crippen LogP contribution in [0.2, 0.25) is 0 Å². The molecule has 1 aliphatic rings. The third-order valence-electron chi connectivity index (χ3n) is 4.21. The Kier molecular flexibility index (Phi) is 2.75. The standard InChI is InChI=1S/C15H15FN6/c16-10-6-8(4-5-11(10)17)13-12-14(18)19-7-20-15(12)22(21-13)9-2-1-3-9/h4-7,9H,1-3,17H2,(H2,18,19,20). The lowest BCUT2D eigenvalue weighted by Crippen LogP contribution is -2.18. The van der Waals surface area contributed by atoms with Gasteiger partial charge in [-0.05, 0) is 31.4 Å². The first-order valence-corrected chi connectivity index (χ1v) is 7.19. The Morgan fingerprint density at radius 2 is 2.00 bits per heavy atom. The van der Waals surface area contributed by atoms with Gasteiger partial charge in [0.15, 0.2) is 5.65 Å². The van der Waals surface area contributed by atoms with Crippen LogP contribution in [0.1, 0.15) is 25.3 Å². The van der Waals surface area contributed by atoms with Gasteiger partial charge in [0.1, 0.15) is 23.7 Å². The summed E-state index contributed by atoms with van der Waals surface area (Å²) in [6.45, 7) is 0. The quantitative estimate of drug-likeness (QED) is 0.709. The van der Waals surface area contributed by atoms with Crippen molar-refractivity contribution in [3.05, 3.63) is 30.3 Å². The fourth-order valence-corrected chi connectivity index (χ4v) is 2.76. The first kappa shape index (κ1) is 13.0. The molecule has 0 radical (unpaired) electrons. The Morgan fingerprint density at radius 3 is 2.68 bits per heavy atom. The van der Waals surface area contributed by atoms with Crippen LogP contribution in [0.4, 0.5) is 15.9 Å². The Balaban J connectivity index is 1.98. The summed E-state index contributed by atoms with van der Waals surface area (Å²) in [5.74, 6) is -0.123. The number of nitrogens with two attached hydrogens (primary N) is 2. The van der Waals surface area contributed by atoms with E-state index in [0.29, 0.717) is 34.2 Å². The van der Waals surface area contributed by atoms with Gasteiger partial charge in [0, 0.05) is 5.56 Å². The molecule has 4 N–H and O–H groups in total. The third kappa shape index (κ3) is 1.82. The molecule has 0 aliphatic heterocycles. The first-order valence-electron chi connectivity index (χ1n) is 7.19. The van der Waals surface area contributed by atoms with E-state index in [1.807, 2.05) is 4.68 Å². The van der Waals surface area contributed by atoms with Crippen LogP contribution in [0.3, 0.4) is 0 Å². The second-order valence-electron chi connectivity index (χ2n) is 5.57. The molecule has 22 heavy (non-hydrogen) atoms. The van der Waals surface area contributed by atoms with Crippen molar-refractivity contribution >= 4 is 22.5 Å². The van der Waals surface area contributed by atoms with Gasteiger partial charge in [0.25, 0.3) is 0 Å². The second kappa shape index (κ2) is 4.66. The van der Waals surface area contributed by atoms with Crippen LogP contribution in [0.15, 0.2) is 24.5 Å². The van der Waals surface area contributed by atoms with Crippen molar-refractivity contribution < 1.29 is 4.39 Å². The SMILES string of the molecule is Nc1ccc(-c2nn(C3CCC3)c3ncnc(N)c23)cc1F. The maximum Gasteiger partial charge on any atom is 0.164 e. The van der Waals surface area contributed by atoms with Gasteiger partial charge in [-0.15, -0.1) is 0 Å². The molecule has 2 heterocycles. The lowest BCUT2D eigenvalue weighted by atomic mass is 9.93. The van der Waals surface area contributed by atoms with Crippen LogP contribution in [0, 0.1) is 5.82 Å². The maximum atomic E-state index is 13.8. The van der Waals surface area contributed by atoms with Gasteiger partial charge in [-0.25, -0.2) is 19.0 Å². The first-order chi connectivity index (χ1) is 10.6. The van der Waals surface area contributed by atoms with E-state index in [9.17, 15) is 4.39 Å². The highest BCUT2D eigenvalue weighted by atomic mass is 19.1. The summed E-state index contributed by atoms with van der Waals surface area (Å²) in [6.07, 6.45) is 4.74. The average molecular weight is 298 g/mol. The molecule has 6 nitrogen and oxygen atoms in total. The smallest absolute Gasteiger partial charge is 0.164 e. The van der Waals surface area contributed by atoms with Gasteiger partial charge in [0.05, 0.1) is 17.1 Å². The van der Waals surface area contributed by atoms with Crippen molar-refractivity contribution in [2.75, 3.05) is 11.5 Å². The number of benzene rings is 1. The van der Waals surface area contributed by atoms with Gasteiger partial charge >= 0.3 is 0 Å². The zero-order chi connectivity index (χ0) is 15.3. The van der Waals surface area contributed by atoms with E-state index >= 15 is 0 Å². The van der Waals surface area contributed by atoms with Gasteiger partial charge in [0.2, 0.25) is 0 Å². The molecule has 1 aliphatic carbocycles. The van der Waals surface area contributed by atoms with Crippen LogP contribution in [0.5, 0.6) is 0 Å². The Labute approximate surface area is 126 Å². The van der Waals surface area contributed by atoms with Crippen LogP contribution in [-0.2, 0) is 0 Å². The molecule has 2 aromatic heterocycles. The topological polar surface area (TPSA) is 95.6 Å². The van der Waals surface area contributed by atoms with Crippen LogP contribution < -0.4 is 11.5 Å². The summed E-state index contributed by atoms with van der Waals surface area (Å²) in [5, 5.41) is 5.31. The molecule has 0 atom stereocenters. The van der Waals surface area contributed by atoms with Crippen molar-refractivity contribution in [2.24, 2.45) is 0 Å². The molecule has 0 unspecified atom stereocenters. The minimum atomic E-state index is -0.473. The fourth-order valence-electron chi connectivity index (χ4n) is 2.76. The molecule has 1 aromatic carbocycles. The summed E-state index contributed by atoms with van der Waals surface area (Å²) >= 11 is 0. The molecule has 7 heteroatoms. The van der Waals surface area contributed by atoms with E-state index in [0.717, 1.165) is 12.8 Å². The highest BCUT2D eigenvalue weighted by Crippen LogP contribution is 2.37. The molecule has 3 aromatic rings. The summed E-state index contributed by atoms with van der Waals surface area (Å²) in [6, 6.07) is 4.95. The normalized spacial score (nSPS) is 15.1. The number of nitrogen functional groups attached to an aromatic ring is 2. The van der Waals surface area contributed by atoms with Crippen LogP contribution >= 0.6 is 0 Å². The van der Waals surface area contributed by atoms with Gasteiger partial charge < -0.3 is 11.5 Å². The van der Waals surface area contributed by atoms with Crippen LogP contribution in [-0.4, -0.2) is 19.7 Å². The molecular formula is C15H15FN6. The number of halogens is 1. The van der Waals surface area contributed by atoms with E-state index in [-0.39, 0.29) is 5.69 Å². The monoisotopic (exact) mass is 298 g/mol. The molecule has 0 spiro atoms. The second-order valence-corrected chi connectivity index (χ2v) is 5.57. The highest BCUT2D eigenvalue weighted by Gasteiger charge is 2.26. The van der Waals surface area contributed by atoms with E-state index in [4.69, 9.17) is 11.5 Å². The van der Waals surface area contributed by atoms with Crippen molar-refractivity contribution in [3.63, 3.8) is 0 Å². The minimum Gasteiger partial charge on any atom is -0.396 e. The summed E-state index contributed by atoms with van der Waals surface area (Å²) in [5.41, 5.74) is 13.6. The Morgan fingerprint density at radius 1 is 1.18 bits per heavy atom. The predicted octanol–water partition coefficient (Wildman–Crippen LogP) is 2.52. The van der Waals surface area contributed by atoms with Crippen LogP contribution in [0.25, 0.3) is 22.3 Å². The molecular weight excluding hydrogens is 283 g/mol. The molecule has 1 fully saturated rings. The average Bonchev–Trinajstić information content (AvgIpc) is 2.81. The van der Waals surface area contributed by atoms with E-state index in [2.05, 4.69) is 15.1 Å². The number of hydrogen-bond donors (Lipinski definition) is 2. The zero-order valence-electron chi connectivity index (χ0n) is 11.8. The van der Waals surface area contributed by atoms with Crippen molar-refractivity contribution in [1.82, 2.24) is 19.7 Å². The number of aromatic nitrogens is 4. The van der Waals surface area contributed by atoms with Crippen molar-refractivity contribution in [3.8, 4) is 11.3 Å². The highest BCUT2D eigenvalue weighted by molar-refractivity contribution is 5.98. The van der Waals surface area contributed by atoms with Crippen molar-refractivity contribution in [2.45, 2.75) is 25.3 Å². The maximum absolute atomic E-state index is 13.8. The summed E-state index contributed by atoms with van der Waals surface area (Å²) < 4.78 is 15.7. The molecule has 0 bridgehead atoms. The number of fused-ring (bicyclic) bond motifs is 1. The minimum absolute atomic E-state index is 0.107. The number of nitrogens with zero attached hydrogens (tertiary/aromatic N) is 4. The lowest BCUT2D eigenvalue weighted by molar-refractivity contribution is 0.296. The van der Waals surface area contributed by atoms with E-state index in [1.165, 1.54) is 24.9 Å². The van der Waals surface area contributed by atoms with E-state index < -0.39 is 5.82 Å². The largest absolute Gasteiger partial charge is 0.396 e. The van der Waals surface area contributed by atoms with E-state index in [1.54, 1.807) is 6.07 Å². The summed E-state index contributed by atoms with van der Waals surface area (Å²) in [7, 11) is 0. The van der Waals surface area contributed by atoms with Gasteiger partial charge in [-0.2, -0.15) is 5.10 Å². The third-order valence-corrected chi connectivity index (χ3v) is 4.21. The molecule has 0 saturated heterocycles. The molecule has 4 rings (SSSR count). The Bertz CT molecular complexity index is 868. The number of anilines is 2. The number of rotatable bonds is 2. The fraction of sp³-hybridized carbons (Fsp3) is 0.267. The molecule has 0 amide bonds. The van der Waals surface area contributed by atoms with Gasteiger partial charge in [-0.3, -0.25) is 0 Å². The zero-order valence-corrected chi connectivity index (χ0v) is 11.8.